The Kier molecular flexibility index (Phi) is 3.37. The third-order valence-electron chi connectivity index (χ3n) is 3.35. The first-order chi connectivity index (χ1) is 8.93. The summed E-state index contributed by atoms with van der Waals surface area (Å²) >= 11 is 0. The molecule has 3 rings (SSSR count). The topological polar surface area (TPSA) is 47.0 Å². The molecule has 1 aromatic heterocycles. The second kappa shape index (κ2) is 5.31. The van der Waals surface area contributed by atoms with Crippen LogP contribution in [0.15, 0.2) is 30.5 Å². The predicted octanol–water partition coefficient (Wildman–Crippen LogP) is 2.61. The van der Waals surface area contributed by atoms with Crippen molar-refractivity contribution in [2.24, 2.45) is 0 Å². The number of benzene rings is 1. The second-order valence-corrected chi connectivity index (χ2v) is 4.63. The minimum atomic E-state index is 0.417. The Labute approximate surface area is 106 Å². The van der Waals surface area contributed by atoms with Crippen molar-refractivity contribution in [3.8, 4) is 0 Å². The molecule has 0 radical (unpaired) electrons. The van der Waals surface area contributed by atoms with Gasteiger partial charge in [0.1, 0.15) is 0 Å². The summed E-state index contributed by atoms with van der Waals surface area (Å²) in [5.41, 5.74) is 0. The first kappa shape index (κ1) is 11.4. The minimum absolute atomic E-state index is 0.417. The van der Waals surface area contributed by atoms with Crippen LogP contribution in [0, 0.1) is 0 Å². The second-order valence-electron chi connectivity index (χ2n) is 4.63. The molecule has 1 aliphatic heterocycles. The monoisotopic (exact) mass is 243 g/mol. The number of aromatic nitrogens is 2. The van der Waals surface area contributed by atoms with Gasteiger partial charge in [-0.05, 0) is 19.3 Å². The van der Waals surface area contributed by atoms with Crippen molar-refractivity contribution in [1.29, 1.82) is 0 Å². The molecule has 0 aliphatic carbocycles. The number of rotatable bonds is 4. The molecule has 1 unspecified atom stereocenters. The average Bonchev–Trinajstić information content (AvgIpc) is 2.92. The number of nitrogens with zero attached hydrogens (tertiary/aromatic N) is 2. The van der Waals surface area contributed by atoms with E-state index in [0.29, 0.717) is 6.10 Å². The molecule has 2 aromatic rings. The molecule has 0 bridgehead atoms. The Bertz CT molecular complexity index is 518. The van der Waals surface area contributed by atoms with Crippen LogP contribution in [-0.4, -0.2) is 29.5 Å². The van der Waals surface area contributed by atoms with Crippen molar-refractivity contribution < 1.29 is 4.74 Å². The Morgan fingerprint density at radius 3 is 3.17 bits per heavy atom. The van der Waals surface area contributed by atoms with Crippen molar-refractivity contribution in [2.75, 3.05) is 18.5 Å². The fraction of sp³-hybridized carbons (Fsp3) is 0.429. The summed E-state index contributed by atoms with van der Waals surface area (Å²) in [4.78, 5) is 0. The largest absolute Gasteiger partial charge is 0.378 e. The number of nitrogens with one attached hydrogen (secondary N) is 1. The van der Waals surface area contributed by atoms with Gasteiger partial charge in [0.05, 0.1) is 12.3 Å². The van der Waals surface area contributed by atoms with Crippen molar-refractivity contribution >= 4 is 16.6 Å². The van der Waals surface area contributed by atoms with E-state index in [9.17, 15) is 0 Å². The maximum Gasteiger partial charge on any atom is 0.156 e. The summed E-state index contributed by atoms with van der Waals surface area (Å²) in [7, 11) is 0. The van der Waals surface area contributed by atoms with Gasteiger partial charge in [-0.25, -0.2) is 0 Å². The van der Waals surface area contributed by atoms with Crippen molar-refractivity contribution in [1.82, 2.24) is 10.2 Å². The molecule has 1 aliphatic rings. The summed E-state index contributed by atoms with van der Waals surface area (Å²) in [5, 5.41) is 13.8. The zero-order valence-corrected chi connectivity index (χ0v) is 10.3. The molecule has 1 fully saturated rings. The van der Waals surface area contributed by atoms with Crippen LogP contribution in [0.3, 0.4) is 0 Å². The number of hydrogen-bond acceptors (Lipinski definition) is 4. The van der Waals surface area contributed by atoms with E-state index in [2.05, 4.69) is 27.6 Å². The van der Waals surface area contributed by atoms with Crippen molar-refractivity contribution in [3.63, 3.8) is 0 Å². The molecule has 0 amide bonds. The number of hydrogen-bond donors (Lipinski definition) is 1. The maximum absolute atomic E-state index is 5.60. The van der Waals surface area contributed by atoms with E-state index < -0.39 is 0 Å². The molecule has 0 saturated carbocycles. The van der Waals surface area contributed by atoms with E-state index in [1.807, 2.05) is 12.1 Å². The van der Waals surface area contributed by atoms with Crippen LogP contribution in [0.5, 0.6) is 0 Å². The third-order valence-corrected chi connectivity index (χ3v) is 3.35. The SMILES string of the molecule is c1ccc2c(NCCC3CCCO3)nncc2c1. The van der Waals surface area contributed by atoms with E-state index >= 15 is 0 Å². The zero-order valence-electron chi connectivity index (χ0n) is 10.3. The fourth-order valence-corrected chi connectivity index (χ4v) is 2.38. The Morgan fingerprint density at radius 1 is 1.33 bits per heavy atom. The predicted molar refractivity (Wildman–Crippen MR) is 71.6 cm³/mol. The van der Waals surface area contributed by atoms with E-state index in [-0.39, 0.29) is 0 Å². The first-order valence-electron chi connectivity index (χ1n) is 6.49. The summed E-state index contributed by atoms with van der Waals surface area (Å²) in [5.74, 6) is 0.867. The minimum Gasteiger partial charge on any atom is -0.378 e. The first-order valence-corrected chi connectivity index (χ1v) is 6.49. The lowest BCUT2D eigenvalue weighted by Crippen LogP contribution is -2.13. The normalized spacial score (nSPS) is 19.2. The standard InChI is InChI=1S/C14H17N3O/c1-2-6-13-11(4-1)10-16-17-14(13)15-8-7-12-5-3-9-18-12/h1-2,4,6,10,12H,3,5,7-9H2,(H,15,17). The third kappa shape index (κ3) is 2.43. The van der Waals surface area contributed by atoms with Crippen LogP contribution in [0.25, 0.3) is 10.8 Å². The van der Waals surface area contributed by atoms with Gasteiger partial charge >= 0.3 is 0 Å². The summed E-state index contributed by atoms with van der Waals surface area (Å²) in [6.07, 6.45) is 5.62. The average molecular weight is 243 g/mol. The highest BCUT2D eigenvalue weighted by atomic mass is 16.5. The van der Waals surface area contributed by atoms with E-state index in [1.165, 1.54) is 12.8 Å². The lowest BCUT2D eigenvalue weighted by atomic mass is 10.1. The van der Waals surface area contributed by atoms with Gasteiger partial charge in [-0.15, -0.1) is 5.10 Å². The van der Waals surface area contributed by atoms with Gasteiger partial charge in [-0.3, -0.25) is 0 Å². The molecular weight excluding hydrogens is 226 g/mol. The molecule has 2 heterocycles. The molecule has 1 aromatic carbocycles. The lowest BCUT2D eigenvalue weighted by molar-refractivity contribution is 0.107. The fourth-order valence-electron chi connectivity index (χ4n) is 2.38. The molecular formula is C14H17N3O. The Morgan fingerprint density at radius 2 is 2.28 bits per heavy atom. The molecule has 0 spiro atoms. The van der Waals surface area contributed by atoms with Gasteiger partial charge < -0.3 is 10.1 Å². The van der Waals surface area contributed by atoms with Crippen molar-refractivity contribution in [2.45, 2.75) is 25.4 Å². The molecule has 4 nitrogen and oxygen atoms in total. The van der Waals surface area contributed by atoms with Gasteiger partial charge in [0.15, 0.2) is 5.82 Å². The van der Waals surface area contributed by atoms with Gasteiger partial charge in [0, 0.05) is 23.9 Å². The molecule has 4 heteroatoms. The zero-order chi connectivity index (χ0) is 12.2. The van der Waals surface area contributed by atoms with Crippen LogP contribution < -0.4 is 5.32 Å². The van der Waals surface area contributed by atoms with Crippen LogP contribution >= 0.6 is 0 Å². The lowest BCUT2D eigenvalue weighted by Gasteiger charge is -2.11. The maximum atomic E-state index is 5.60. The van der Waals surface area contributed by atoms with Gasteiger partial charge in [0.2, 0.25) is 0 Å². The van der Waals surface area contributed by atoms with Crippen molar-refractivity contribution in [3.05, 3.63) is 30.5 Å². The van der Waals surface area contributed by atoms with E-state index in [0.717, 1.165) is 36.2 Å². The molecule has 94 valence electrons. The molecule has 18 heavy (non-hydrogen) atoms. The Balaban J connectivity index is 1.66. The van der Waals surface area contributed by atoms with Gasteiger partial charge in [-0.2, -0.15) is 5.10 Å². The smallest absolute Gasteiger partial charge is 0.156 e. The van der Waals surface area contributed by atoms with Crippen LogP contribution in [0.1, 0.15) is 19.3 Å². The number of fused-ring (bicyclic) bond motifs is 1. The molecule has 1 N–H and O–H groups in total. The Hall–Kier alpha value is -1.68. The highest BCUT2D eigenvalue weighted by molar-refractivity contribution is 5.90. The highest BCUT2D eigenvalue weighted by Gasteiger charge is 2.14. The molecule has 1 atom stereocenters. The number of anilines is 1. The van der Waals surface area contributed by atoms with E-state index in [1.54, 1.807) is 6.20 Å². The summed E-state index contributed by atoms with van der Waals surface area (Å²) in [6, 6.07) is 8.16. The van der Waals surface area contributed by atoms with Gasteiger partial charge in [-0.1, -0.05) is 24.3 Å². The molecule has 1 saturated heterocycles. The van der Waals surface area contributed by atoms with Crippen LogP contribution in [-0.2, 0) is 4.74 Å². The summed E-state index contributed by atoms with van der Waals surface area (Å²) < 4.78 is 5.60. The number of ether oxygens (including phenoxy) is 1. The van der Waals surface area contributed by atoms with Crippen LogP contribution in [0.2, 0.25) is 0 Å². The van der Waals surface area contributed by atoms with E-state index in [4.69, 9.17) is 4.74 Å². The summed E-state index contributed by atoms with van der Waals surface area (Å²) in [6.45, 7) is 1.80. The van der Waals surface area contributed by atoms with Gasteiger partial charge in [0.25, 0.3) is 0 Å². The van der Waals surface area contributed by atoms with Crippen LogP contribution in [0.4, 0.5) is 5.82 Å². The quantitative estimate of drug-likeness (QED) is 0.896. The highest BCUT2D eigenvalue weighted by Crippen LogP contribution is 2.20.